The largest absolute Gasteiger partial charge is 0.302 e. The third kappa shape index (κ3) is 7.64. The highest BCUT2D eigenvalue weighted by atomic mass is 32.2. The molecule has 6 nitrogen and oxygen atoms in total. The van der Waals surface area contributed by atoms with Gasteiger partial charge in [-0.15, -0.1) is 0 Å². The van der Waals surface area contributed by atoms with Gasteiger partial charge in [-0.3, -0.25) is 0 Å². The molecule has 0 saturated heterocycles. The summed E-state index contributed by atoms with van der Waals surface area (Å²) in [6, 6.07) is 9.31. The van der Waals surface area contributed by atoms with Gasteiger partial charge in [-0.2, -0.15) is 4.31 Å². The van der Waals surface area contributed by atoms with Gasteiger partial charge in [0.15, 0.2) is 0 Å². The Morgan fingerprint density at radius 3 is 2.54 bits per heavy atom. The van der Waals surface area contributed by atoms with Crippen molar-refractivity contribution in [1.82, 2.24) is 4.31 Å². The van der Waals surface area contributed by atoms with Crippen molar-refractivity contribution in [1.29, 1.82) is 0 Å². The van der Waals surface area contributed by atoms with Crippen LogP contribution in [0.5, 0.6) is 0 Å². The summed E-state index contributed by atoms with van der Waals surface area (Å²) in [6.07, 6.45) is 4.91. The molecule has 0 bridgehead atoms. The standard InChI is InChI=1S/C17H26N4O2S/c1-15(2)8-7-9-16(3)12-13-21(24(22,23)20-19-18)14-17-10-5-4-6-11-17/h4-6,8,10-11,16H,7,9,12-14H2,1-3H3. The number of hydrogen-bond acceptors (Lipinski definition) is 2. The topological polar surface area (TPSA) is 86.1 Å². The summed E-state index contributed by atoms with van der Waals surface area (Å²) >= 11 is 0. The van der Waals surface area contributed by atoms with Gasteiger partial charge < -0.3 is 0 Å². The van der Waals surface area contributed by atoms with Gasteiger partial charge in [-0.05, 0) is 50.1 Å². The minimum Gasteiger partial charge on any atom is -0.204 e. The van der Waals surface area contributed by atoms with E-state index in [1.165, 1.54) is 9.88 Å². The molecule has 24 heavy (non-hydrogen) atoms. The highest BCUT2D eigenvalue weighted by molar-refractivity contribution is 7.87. The highest BCUT2D eigenvalue weighted by Crippen LogP contribution is 2.17. The molecule has 0 amide bonds. The molecule has 1 unspecified atom stereocenters. The van der Waals surface area contributed by atoms with Gasteiger partial charge in [0.1, 0.15) is 0 Å². The van der Waals surface area contributed by atoms with Crippen LogP contribution < -0.4 is 0 Å². The number of hydrogen-bond donors (Lipinski definition) is 0. The van der Waals surface area contributed by atoms with E-state index >= 15 is 0 Å². The fraction of sp³-hybridized carbons (Fsp3) is 0.529. The Morgan fingerprint density at radius 2 is 1.96 bits per heavy atom. The Morgan fingerprint density at radius 1 is 1.29 bits per heavy atom. The fourth-order valence-electron chi connectivity index (χ4n) is 2.33. The normalized spacial score (nSPS) is 12.5. The Hall–Kier alpha value is -1.82. The van der Waals surface area contributed by atoms with Gasteiger partial charge in [0.25, 0.3) is 0 Å². The lowest BCUT2D eigenvalue weighted by Gasteiger charge is -2.21. The fourth-order valence-corrected chi connectivity index (χ4v) is 3.17. The second-order valence-electron chi connectivity index (χ2n) is 6.22. The van der Waals surface area contributed by atoms with E-state index in [9.17, 15) is 8.42 Å². The molecule has 0 aromatic heterocycles. The van der Waals surface area contributed by atoms with E-state index in [1.54, 1.807) is 0 Å². The van der Waals surface area contributed by atoms with E-state index in [0.29, 0.717) is 12.5 Å². The zero-order valence-electron chi connectivity index (χ0n) is 14.6. The molecule has 0 radical (unpaired) electrons. The zero-order valence-corrected chi connectivity index (χ0v) is 15.4. The monoisotopic (exact) mass is 350 g/mol. The van der Waals surface area contributed by atoms with E-state index in [1.807, 2.05) is 30.3 Å². The molecule has 0 fully saturated rings. The average Bonchev–Trinajstić information content (AvgIpc) is 2.51. The summed E-state index contributed by atoms with van der Waals surface area (Å²) in [4.78, 5) is 2.45. The predicted molar refractivity (Wildman–Crippen MR) is 97.4 cm³/mol. The van der Waals surface area contributed by atoms with Crippen LogP contribution in [0.4, 0.5) is 0 Å². The first-order chi connectivity index (χ1) is 11.3. The summed E-state index contributed by atoms with van der Waals surface area (Å²) < 4.78 is 28.5. The first-order valence-electron chi connectivity index (χ1n) is 8.09. The Balaban J connectivity index is 2.72. The van der Waals surface area contributed by atoms with Crippen LogP contribution >= 0.6 is 0 Å². The van der Waals surface area contributed by atoms with Crippen LogP contribution in [0.3, 0.4) is 0 Å². The first-order valence-corrected chi connectivity index (χ1v) is 9.48. The molecule has 1 rings (SSSR count). The summed E-state index contributed by atoms with van der Waals surface area (Å²) in [5, 5.41) is 0. The molecular weight excluding hydrogens is 324 g/mol. The smallest absolute Gasteiger partial charge is 0.204 e. The predicted octanol–water partition coefficient (Wildman–Crippen LogP) is 4.82. The second-order valence-corrected chi connectivity index (χ2v) is 7.80. The summed E-state index contributed by atoms with van der Waals surface area (Å²) in [5.41, 5.74) is 10.7. The molecular formula is C17H26N4O2S. The number of nitrogens with zero attached hydrogens (tertiary/aromatic N) is 4. The third-order valence-corrected chi connectivity index (χ3v) is 4.99. The Labute approximate surface area is 145 Å². The van der Waals surface area contributed by atoms with Crippen molar-refractivity contribution in [3.63, 3.8) is 0 Å². The maximum Gasteiger partial charge on any atom is 0.302 e. The molecule has 0 heterocycles. The quantitative estimate of drug-likeness (QED) is 0.262. The number of allylic oxidation sites excluding steroid dienone is 2. The van der Waals surface area contributed by atoms with Gasteiger partial charge in [0.05, 0.1) is 0 Å². The summed E-state index contributed by atoms with van der Waals surface area (Å²) in [7, 11) is -3.97. The van der Waals surface area contributed by atoms with E-state index in [0.717, 1.165) is 24.8 Å². The minimum atomic E-state index is -3.97. The lowest BCUT2D eigenvalue weighted by molar-refractivity contribution is 0.360. The molecule has 0 spiro atoms. The molecule has 0 aliphatic carbocycles. The van der Waals surface area contributed by atoms with Crippen LogP contribution in [0.2, 0.25) is 0 Å². The lowest BCUT2D eigenvalue weighted by atomic mass is 10.0. The van der Waals surface area contributed by atoms with Crippen molar-refractivity contribution < 1.29 is 8.42 Å². The van der Waals surface area contributed by atoms with Crippen molar-refractivity contribution >= 4 is 10.2 Å². The van der Waals surface area contributed by atoms with Crippen molar-refractivity contribution in [2.75, 3.05) is 6.54 Å². The molecule has 1 aromatic carbocycles. The van der Waals surface area contributed by atoms with Crippen LogP contribution in [-0.4, -0.2) is 19.3 Å². The van der Waals surface area contributed by atoms with E-state index < -0.39 is 10.2 Å². The van der Waals surface area contributed by atoms with Crippen LogP contribution in [-0.2, 0) is 16.8 Å². The van der Waals surface area contributed by atoms with E-state index in [-0.39, 0.29) is 6.54 Å². The van der Waals surface area contributed by atoms with Crippen LogP contribution in [0.25, 0.3) is 10.4 Å². The molecule has 1 atom stereocenters. The van der Waals surface area contributed by atoms with Gasteiger partial charge in [0, 0.05) is 22.5 Å². The molecule has 0 N–H and O–H groups in total. The Bertz CT molecular complexity index is 676. The zero-order chi connectivity index (χ0) is 18.0. The summed E-state index contributed by atoms with van der Waals surface area (Å²) in [6.45, 7) is 6.80. The van der Waals surface area contributed by atoms with Crippen LogP contribution in [0, 0.1) is 5.92 Å². The van der Waals surface area contributed by atoms with E-state index in [2.05, 4.69) is 36.3 Å². The number of benzene rings is 1. The number of azide groups is 1. The minimum absolute atomic E-state index is 0.211. The van der Waals surface area contributed by atoms with Crippen molar-refractivity contribution in [3.8, 4) is 0 Å². The second kappa shape index (κ2) is 10.1. The molecule has 1 aromatic rings. The van der Waals surface area contributed by atoms with Crippen LogP contribution in [0.15, 0.2) is 46.5 Å². The van der Waals surface area contributed by atoms with Gasteiger partial charge >= 0.3 is 10.2 Å². The maximum absolute atomic E-state index is 12.1. The maximum atomic E-state index is 12.1. The lowest BCUT2D eigenvalue weighted by Crippen LogP contribution is -2.30. The average molecular weight is 350 g/mol. The van der Waals surface area contributed by atoms with Crippen LogP contribution in [0.1, 0.15) is 45.6 Å². The van der Waals surface area contributed by atoms with Gasteiger partial charge in [0.2, 0.25) is 0 Å². The molecule has 0 aliphatic rings. The first kappa shape index (κ1) is 20.2. The summed E-state index contributed by atoms with van der Waals surface area (Å²) in [5.74, 6) is 0.389. The van der Waals surface area contributed by atoms with E-state index in [4.69, 9.17) is 5.53 Å². The molecule has 7 heteroatoms. The van der Waals surface area contributed by atoms with Gasteiger partial charge in [-0.1, -0.05) is 48.9 Å². The SMILES string of the molecule is CC(C)=CCCC(C)CCN(Cc1ccccc1)S(=O)(=O)N=[N+]=[N-]. The van der Waals surface area contributed by atoms with Crippen molar-refractivity contribution in [2.24, 2.45) is 10.4 Å². The van der Waals surface area contributed by atoms with Crippen molar-refractivity contribution in [3.05, 3.63) is 58.0 Å². The number of rotatable bonds is 10. The third-order valence-electron chi connectivity index (χ3n) is 3.75. The van der Waals surface area contributed by atoms with Gasteiger partial charge in [-0.25, -0.2) is 8.42 Å². The highest BCUT2D eigenvalue weighted by Gasteiger charge is 2.21. The molecule has 132 valence electrons. The van der Waals surface area contributed by atoms with Crippen molar-refractivity contribution in [2.45, 2.75) is 46.6 Å². The molecule has 0 saturated carbocycles. The molecule has 0 aliphatic heterocycles. The Kier molecular flexibility index (Phi) is 8.54.